The summed E-state index contributed by atoms with van der Waals surface area (Å²) in [5, 5.41) is 2.26. The van der Waals surface area contributed by atoms with Crippen LogP contribution in [0.4, 0.5) is 0 Å². The van der Waals surface area contributed by atoms with Crippen molar-refractivity contribution in [2.24, 2.45) is 10.4 Å². The number of pyridine rings is 1. The van der Waals surface area contributed by atoms with E-state index in [1.807, 2.05) is 12.3 Å². The van der Waals surface area contributed by atoms with Crippen LogP contribution in [0.25, 0.3) is 38.8 Å². The van der Waals surface area contributed by atoms with Crippen molar-refractivity contribution in [3.63, 3.8) is 0 Å². The number of benzene rings is 5. The summed E-state index contributed by atoms with van der Waals surface area (Å²) in [6.45, 7) is 33.5. The Balaban J connectivity index is 0.00000544. The van der Waals surface area contributed by atoms with Crippen molar-refractivity contribution in [3.8, 4) is 28.4 Å². The normalized spacial score (nSPS) is 18.6. The minimum absolute atomic E-state index is 0. The van der Waals surface area contributed by atoms with Crippen LogP contribution in [-0.2, 0) is 48.7 Å². The number of ether oxygens (including phenoxy) is 2. The Morgan fingerprint density at radius 1 is 0.683 bits per heavy atom. The zero-order valence-corrected chi connectivity index (χ0v) is 42.0. The SMILES string of the molecule is Cc1cc(C)c(-c2cc(Oc3[c-]c4c(cc3)c3cc(C(C)(C)C)ccc3n4-c3cc(C(C)(C)C)ccn3)[c-]c(C3=N[C@]4(C)Cc5cc(C)c(C)cc5[C@]4(C(C)(C)C)O3)c2)c(C)c1.[Pt+2]. The van der Waals surface area contributed by atoms with Gasteiger partial charge in [-0.05, 0) is 120 Å². The molecule has 5 aromatic carbocycles. The van der Waals surface area contributed by atoms with E-state index in [1.165, 1.54) is 55.6 Å². The third-order valence-corrected chi connectivity index (χ3v) is 13.7. The molecule has 3 heterocycles. The Morgan fingerprint density at radius 2 is 1.35 bits per heavy atom. The smallest absolute Gasteiger partial charge is 0.507 e. The number of aliphatic imine (C=N–C) groups is 1. The van der Waals surface area contributed by atoms with Crippen LogP contribution in [0.15, 0.2) is 90.1 Å². The second-order valence-electron chi connectivity index (χ2n) is 21.6. The van der Waals surface area contributed by atoms with Crippen LogP contribution in [0.5, 0.6) is 11.5 Å². The molecule has 326 valence electrons. The molecule has 0 amide bonds. The molecule has 2 aromatic heterocycles. The molecule has 0 bridgehead atoms. The van der Waals surface area contributed by atoms with Crippen LogP contribution >= 0.6 is 0 Å². The van der Waals surface area contributed by atoms with E-state index in [9.17, 15) is 0 Å². The van der Waals surface area contributed by atoms with Crippen LogP contribution in [0, 0.1) is 52.2 Å². The molecule has 2 atom stereocenters. The average Bonchev–Trinajstić information content (AvgIpc) is 3.75. The number of rotatable bonds is 5. The van der Waals surface area contributed by atoms with Gasteiger partial charge in [0.1, 0.15) is 11.7 Å². The molecule has 2 aliphatic rings. The van der Waals surface area contributed by atoms with Crippen molar-refractivity contribution < 1.29 is 30.5 Å². The molecule has 9 rings (SSSR count). The Hall–Kier alpha value is -4.99. The van der Waals surface area contributed by atoms with Gasteiger partial charge in [0, 0.05) is 40.6 Å². The van der Waals surface area contributed by atoms with E-state index >= 15 is 0 Å². The molecule has 7 aromatic rings. The van der Waals surface area contributed by atoms with Gasteiger partial charge in [0.2, 0.25) is 0 Å². The molecular formula is C57H61N3O2Pt. The molecule has 0 radical (unpaired) electrons. The second-order valence-corrected chi connectivity index (χ2v) is 21.6. The van der Waals surface area contributed by atoms with Gasteiger partial charge < -0.3 is 14.0 Å². The first-order valence-corrected chi connectivity index (χ1v) is 22.2. The van der Waals surface area contributed by atoms with Crippen LogP contribution in [0.3, 0.4) is 0 Å². The Labute approximate surface area is 389 Å². The van der Waals surface area contributed by atoms with Gasteiger partial charge in [-0.3, -0.25) is 4.99 Å². The molecule has 63 heavy (non-hydrogen) atoms. The molecule has 0 spiro atoms. The average molecular weight is 1020 g/mol. The summed E-state index contributed by atoms with van der Waals surface area (Å²) in [6, 6.07) is 36.2. The zero-order valence-electron chi connectivity index (χ0n) is 39.8. The third kappa shape index (κ3) is 7.27. The van der Waals surface area contributed by atoms with Crippen molar-refractivity contribution in [1.82, 2.24) is 9.55 Å². The monoisotopic (exact) mass is 1010 g/mol. The van der Waals surface area contributed by atoms with Crippen LogP contribution in [0.2, 0.25) is 0 Å². The maximum absolute atomic E-state index is 7.39. The van der Waals surface area contributed by atoms with Gasteiger partial charge in [0.15, 0.2) is 5.60 Å². The maximum atomic E-state index is 7.39. The van der Waals surface area contributed by atoms with Gasteiger partial charge in [0.05, 0.1) is 5.54 Å². The summed E-state index contributed by atoms with van der Waals surface area (Å²) < 4.78 is 16.6. The van der Waals surface area contributed by atoms with Crippen molar-refractivity contribution in [2.75, 3.05) is 0 Å². The molecule has 0 saturated carbocycles. The van der Waals surface area contributed by atoms with Crippen molar-refractivity contribution >= 4 is 27.7 Å². The van der Waals surface area contributed by atoms with E-state index in [0.29, 0.717) is 17.4 Å². The summed E-state index contributed by atoms with van der Waals surface area (Å²) in [5.41, 5.74) is 14.7. The van der Waals surface area contributed by atoms with E-state index in [1.54, 1.807) is 0 Å². The summed E-state index contributed by atoms with van der Waals surface area (Å²) in [7, 11) is 0. The first-order valence-electron chi connectivity index (χ1n) is 22.2. The Bertz CT molecular complexity index is 3000. The van der Waals surface area contributed by atoms with Crippen molar-refractivity contribution in [3.05, 3.63) is 153 Å². The van der Waals surface area contributed by atoms with E-state index in [2.05, 4.69) is 193 Å². The zero-order chi connectivity index (χ0) is 44.5. The maximum Gasteiger partial charge on any atom is 2.00 e. The molecular weight excluding hydrogens is 954 g/mol. The predicted octanol–water partition coefficient (Wildman–Crippen LogP) is 14.4. The second kappa shape index (κ2) is 15.0. The topological polar surface area (TPSA) is 48.6 Å². The van der Waals surface area contributed by atoms with Crippen molar-refractivity contribution in [1.29, 1.82) is 0 Å². The van der Waals surface area contributed by atoms with E-state index in [-0.39, 0.29) is 37.3 Å². The van der Waals surface area contributed by atoms with Gasteiger partial charge in [-0.15, -0.1) is 23.6 Å². The number of nitrogens with zero attached hydrogens (tertiary/aromatic N) is 3. The fourth-order valence-electron chi connectivity index (χ4n) is 10.6. The quantitative estimate of drug-likeness (QED) is 0.161. The fraction of sp³-hybridized carbons (Fsp3) is 0.368. The summed E-state index contributed by atoms with van der Waals surface area (Å²) in [5.74, 6) is 2.61. The van der Waals surface area contributed by atoms with Gasteiger partial charge >= 0.3 is 21.1 Å². The predicted molar refractivity (Wildman–Crippen MR) is 257 cm³/mol. The van der Waals surface area contributed by atoms with E-state index in [4.69, 9.17) is 19.5 Å². The van der Waals surface area contributed by atoms with Gasteiger partial charge in [-0.1, -0.05) is 133 Å². The molecule has 0 unspecified atom stereocenters. The Kier molecular flexibility index (Phi) is 10.7. The molecule has 5 nitrogen and oxygen atoms in total. The largest absolute Gasteiger partial charge is 2.00 e. The number of aryl methyl sites for hydroxylation is 5. The van der Waals surface area contributed by atoms with Gasteiger partial charge in [-0.25, -0.2) is 4.98 Å². The minimum Gasteiger partial charge on any atom is -0.507 e. The molecule has 0 saturated heterocycles. The van der Waals surface area contributed by atoms with Gasteiger partial charge in [0.25, 0.3) is 0 Å². The number of fused-ring (bicyclic) bond motifs is 6. The first-order chi connectivity index (χ1) is 29.0. The fourth-order valence-corrected chi connectivity index (χ4v) is 10.6. The summed E-state index contributed by atoms with van der Waals surface area (Å²) in [4.78, 5) is 10.5. The van der Waals surface area contributed by atoms with E-state index in [0.717, 1.165) is 45.2 Å². The van der Waals surface area contributed by atoms with E-state index < -0.39 is 11.1 Å². The van der Waals surface area contributed by atoms with Crippen LogP contribution < -0.4 is 4.74 Å². The molecule has 1 aliphatic carbocycles. The van der Waals surface area contributed by atoms with Gasteiger partial charge in [-0.2, -0.15) is 6.07 Å². The Morgan fingerprint density at radius 3 is 2.02 bits per heavy atom. The van der Waals surface area contributed by atoms with Crippen LogP contribution in [-0.4, -0.2) is 21.0 Å². The summed E-state index contributed by atoms with van der Waals surface area (Å²) in [6.07, 6.45) is 2.72. The van der Waals surface area contributed by atoms with Crippen molar-refractivity contribution in [2.45, 2.75) is 132 Å². The third-order valence-electron chi connectivity index (χ3n) is 13.7. The molecule has 6 heteroatoms. The van der Waals surface area contributed by atoms with Crippen LogP contribution in [0.1, 0.15) is 125 Å². The summed E-state index contributed by atoms with van der Waals surface area (Å²) >= 11 is 0. The minimum atomic E-state index is -0.666. The molecule has 0 N–H and O–H groups in total. The molecule has 0 fully saturated rings. The number of aromatic nitrogens is 2. The number of hydrogen-bond acceptors (Lipinski definition) is 4. The standard InChI is InChI=1S/C57H61N3O2.Pt/c1-33-22-36(4)51(37(5)23-33)38-26-39(52-59-56(15)32-40-24-34(2)35(3)25-47(40)57(56,62-52)55(12,13)14)28-44(27-38)61-43-17-18-45-46-29-41(53(6,7)8)16-19-48(46)60(49(45)31-43)50-30-42(20-21-58-50)54(9,10)11;/h16-27,29-30H,32H2,1-15H3;/q-2;+2/t56-,57-;/m1./s1. The molecule has 1 aliphatic heterocycles. The number of hydrogen-bond donors (Lipinski definition) is 0. The first kappa shape index (κ1) is 44.6.